The van der Waals surface area contributed by atoms with Gasteiger partial charge in [0.25, 0.3) is 0 Å². The molecule has 1 aliphatic rings. The van der Waals surface area contributed by atoms with Gasteiger partial charge in [0.1, 0.15) is 11.6 Å². The van der Waals surface area contributed by atoms with Gasteiger partial charge in [0.15, 0.2) is 0 Å². The molecule has 0 spiro atoms. The van der Waals surface area contributed by atoms with E-state index in [1.54, 1.807) is 0 Å². The molecule has 2 rings (SSSR count). The minimum Gasteiger partial charge on any atom is -0.298 e. The van der Waals surface area contributed by atoms with Crippen molar-refractivity contribution in [2.45, 2.75) is 24.7 Å². The molecule has 1 aromatic rings. The van der Waals surface area contributed by atoms with Gasteiger partial charge in [-0.3, -0.25) is 4.90 Å². The molecule has 0 saturated carbocycles. The first-order valence-electron chi connectivity index (χ1n) is 5.86. The number of likely N-dealkylation sites (tertiary alicyclic amines) is 1. The van der Waals surface area contributed by atoms with Gasteiger partial charge in [0, 0.05) is 29.5 Å². The Morgan fingerprint density at radius 2 is 2.18 bits per heavy atom. The summed E-state index contributed by atoms with van der Waals surface area (Å²) in [4.78, 5) is 2.66. The third-order valence-electron chi connectivity index (χ3n) is 3.36. The fourth-order valence-corrected chi connectivity index (χ4v) is 2.79. The van der Waals surface area contributed by atoms with Crippen molar-refractivity contribution in [1.29, 1.82) is 0 Å². The average molecular weight is 304 g/mol. The molecule has 0 bridgehead atoms. The van der Waals surface area contributed by atoms with Gasteiger partial charge >= 0.3 is 0 Å². The Kier molecular flexibility index (Phi) is 4.15. The van der Waals surface area contributed by atoms with E-state index in [2.05, 4.69) is 27.8 Å². The van der Waals surface area contributed by atoms with Crippen LogP contribution in [-0.4, -0.2) is 22.8 Å². The topological polar surface area (TPSA) is 3.24 Å². The smallest absolute Gasteiger partial charge is 0.130 e. The summed E-state index contributed by atoms with van der Waals surface area (Å²) in [6.45, 7) is 4.66. The van der Waals surface area contributed by atoms with E-state index >= 15 is 0 Å². The van der Waals surface area contributed by atoms with Crippen LogP contribution in [-0.2, 0) is 6.54 Å². The molecular formula is C13H16BrF2N. The lowest BCUT2D eigenvalue weighted by Gasteiger charge is -2.34. The highest BCUT2D eigenvalue weighted by Gasteiger charge is 2.24. The molecule has 1 fully saturated rings. The van der Waals surface area contributed by atoms with Gasteiger partial charge in [-0.25, -0.2) is 8.78 Å². The quantitative estimate of drug-likeness (QED) is 0.755. The Morgan fingerprint density at radius 1 is 1.41 bits per heavy atom. The highest BCUT2D eigenvalue weighted by atomic mass is 79.9. The Balaban J connectivity index is 2.01. The number of halogens is 3. The van der Waals surface area contributed by atoms with Crippen LogP contribution in [0.2, 0.25) is 0 Å². The molecule has 0 radical (unpaired) electrons. The fourth-order valence-electron chi connectivity index (χ4n) is 2.12. The maximum absolute atomic E-state index is 13.5. The van der Waals surface area contributed by atoms with Crippen LogP contribution in [0, 0.1) is 17.6 Å². The van der Waals surface area contributed by atoms with Crippen LogP contribution < -0.4 is 0 Å². The van der Waals surface area contributed by atoms with Crippen LogP contribution in [0.3, 0.4) is 0 Å². The first-order valence-corrected chi connectivity index (χ1v) is 6.78. The van der Waals surface area contributed by atoms with E-state index in [1.807, 2.05) is 0 Å². The predicted molar refractivity (Wildman–Crippen MR) is 68.1 cm³/mol. The third kappa shape index (κ3) is 3.26. The molecule has 1 saturated heterocycles. The molecule has 94 valence electrons. The molecule has 2 atom stereocenters. The summed E-state index contributed by atoms with van der Waals surface area (Å²) >= 11 is 3.64. The van der Waals surface area contributed by atoms with E-state index in [-0.39, 0.29) is 0 Å². The largest absolute Gasteiger partial charge is 0.298 e. The van der Waals surface area contributed by atoms with Gasteiger partial charge in [-0.2, -0.15) is 0 Å². The highest BCUT2D eigenvalue weighted by Crippen LogP contribution is 2.24. The summed E-state index contributed by atoms with van der Waals surface area (Å²) in [5.41, 5.74) is 0.570. The lowest BCUT2D eigenvalue weighted by atomic mass is 9.98. The van der Waals surface area contributed by atoms with Gasteiger partial charge in [-0.1, -0.05) is 28.9 Å². The van der Waals surface area contributed by atoms with E-state index in [0.29, 0.717) is 22.9 Å². The summed E-state index contributed by atoms with van der Waals surface area (Å²) in [5, 5.41) is 0. The van der Waals surface area contributed by atoms with E-state index in [0.717, 1.165) is 25.6 Å². The van der Waals surface area contributed by atoms with Crippen LogP contribution in [0.1, 0.15) is 18.9 Å². The lowest BCUT2D eigenvalue weighted by Crippen LogP contribution is -2.39. The van der Waals surface area contributed by atoms with Gasteiger partial charge in [0.2, 0.25) is 0 Å². The van der Waals surface area contributed by atoms with E-state index < -0.39 is 11.6 Å². The van der Waals surface area contributed by atoms with Crippen molar-refractivity contribution in [2.75, 3.05) is 13.1 Å². The van der Waals surface area contributed by atoms with Crippen LogP contribution >= 0.6 is 15.9 Å². The van der Waals surface area contributed by atoms with Crippen molar-refractivity contribution in [2.24, 2.45) is 5.92 Å². The molecule has 0 aliphatic carbocycles. The maximum Gasteiger partial charge on any atom is 0.130 e. The average Bonchev–Trinajstić information content (AvgIpc) is 2.27. The summed E-state index contributed by atoms with van der Waals surface area (Å²) < 4.78 is 26.3. The van der Waals surface area contributed by atoms with Crippen LogP contribution in [0.5, 0.6) is 0 Å². The minimum absolute atomic E-state index is 0.449. The van der Waals surface area contributed by atoms with Crippen LogP contribution in [0.25, 0.3) is 0 Å². The molecule has 1 aliphatic heterocycles. The van der Waals surface area contributed by atoms with Crippen molar-refractivity contribution in [3.8, 4) is 0 Å². The minimum atomic E-state index is -0.517. The lowest BCUT2D eigenvalue weighted by molar-refractivity contribution is 0.192. The predicted octanol–water partition coefficient (Wildman–Crippen LogP) is 3.57. The SMILES string of the molecule is CC1CCN(Cc2ccc(F)cc2F)CC1Br. The number of rotatable bonds is 2. The molecular weight excluding hydrogens is 288 g/mol. The van der Waals surface area contributed by atoms with E-state index in [4.69, 9.17) is 0 Å². The van der Waals surface area contributed by atoms with Crippen molar-refractivity contribution < 1.29 is 8.78 Å². The van der Waals surface area contributed by atoms with Gasteiger partial charge in [0.05, 0.1) is 0 Å². The van der Waals surface area contributed by atoms with Crippen molar-refractivity contribution in [3.05, 3.63) is 35.4 Å². The van der Waals surface area contributed by atoms with Crippen LogP contribution in [0.15, 0.2) is 18.2 Å². The van der Waals surface area contributed by atoms with E-state index in [9.17, 15) is 8.78 Å². The summed E-state index contributed by atoms with van der Waals surface area (Å²) in [6, 6.07) is 3.80. The number of benzene rings is 1. The highest BCUT2D eigenvalue weighted by molar-refractivity contribution is 9.09. The zero-order chi connectivity index (χ0) is 12.4. The summed E-state index contributed by atoms with van der Waals surface area (Å²) in [5.74, 6) is -0.309. The number of nitrogens with zero attached hydrogens (tertiary/aromatic N) is 1. The maximum atomic E-state index is 13.5. The van der Waals surface area contributed by atoms with Gasteiger partial charge in [-0.15, -0.1) is 0 Å². The fraction of sp³-hybridized carbons (Fsp3) is 0.538. The standard InChI is InChI=1S/C13H16BrF2N/c1-9-4-5-17(8-12(9)14)7-10-2-3-11(15)6-13(10)16/h2-3,6,9,12H,4-5,7-8H2,1H3. The Labute approximate surface area is 109 Å². The van der Waals surface area contributed by atoms with E-state index in [1.165, 1.54) is 12.1 Å². The van der Waals surface area contributed by atoms with Crippen LogP contribution in [0.4, 0.5) is 8.78 Å². The molecule has 4 heteroatoms. The Morgan fingerprint density at radius 3 is 2.82 bits per heavy atom. The third-order valence-corrected chi connectivity index (χ3v) is 4.55. The molecule has 0 aromatic heterocycles. The number of hydrogen-bond donors (Lipinski definition) is 0. The zero-order valence-corrected chi connectivity index (χ0v) is 11.4. The zero-order valence-electron chi connectivity index (χ0n) is 9.80. The monoisotopic (exact) mass is 303 g/mol. The second-order valence-electron chi connectivity index (χ2n) is 4.75. The molecule has 1 aromatic carbocycles. The normalized spacial score (nSPS) is 26.1. The van der Waals surface area contributed by atoms with Gasteiger partial charge in [-0.05, 0) is 24.9 Å². The Hall–Kier alpha value is -0.480. The molecule has 0 N–H and O–H groups in total. The first kappa shape index (κ1) is 13.0. The summed E-state index contributed by atoms with van der Waals surface area (Å²) in [7, 11) is 0. The number of piperidine rings is 1. The van der Waals surface area contributed by atoms with Crippen molar-refractivity contribution in [1.82, 2.24) is 4.90 Å². The molecule has 0 amide bonds. The molecule has 1 heterocycles. The van der Waals surface area contributed by atoms with Crippen molar-refractivity contribution in [3.63, 3.8) is 0 Å². The molecule has 2 unspecified atom stereocenters. The molecule has 1 nitrogen and oxygen atoms in total. The summed E-state index contributed by atoms with van der Waals surface area (Å²) in [6.07, 6.45) is 1.11. The van der Waals surface area contributed by atoms with Gasteiger partial charge < -0.3 is 0 Å². The first-order chi connectivity index (χ1) is 8.06. The second kappa shape index (κ2) is 5.44. The number of alkyl halides is 1. The van der Waals surface area contributed by atoms with Crippen molar-refractivity contribution >= 4 is 15.9 Å². The number of hydrogen-bond acceptors (Lipinski definition) is 1. The Bertz CT molecular complexity index is 397. The second-order valence-corrected chi connectivity index (χ2v) is 5.93. The molecule has 17 heavy (non-hydrogen) atoms.